The fourth-order valence-corrected chi connectivity index (χ4v) is 4.10. The maximum absolute atomic E-state index is 13.4. The number of hydrogen-bond donors (Lipinski definition) is 1. The van der Waals surface area contributed by atoms with Crippen LogP contribution >= 0.6 is 22.6 Å². The molecule has 0 aliphatic carbocycles. The van der Waals surface area contributed by atoms with Crippen LogP contribution in [0.3, 0.4) is 0 Å². The van der Waals surface area contributed by atoms with E-state index in [2.05, 4.69) is 39.7 Å². The van der Waals surface area contributed by atoms with Crippen molar-refractivity contribution >= 4 is 40.1 Å². The second kappa shape index (κ2) is 12.2. The van der Waals surface area contributed by atoms with Gasteiger partial charge in [0.15, 0.2) is 0 Å². The molecule has 2 amide bonds. The van der Waals surface area contributed by atoms with Crippen LogP contribution in [0.2, 0.25) is 0 Å². The summed E-state index contributed by atoms with van der Waals surface area (Å²) >= 11 is 2.20. The van der Waals surface area contributed by atoms with E-state index >= 15 is 0 Å². The van der Waals surface area contributed by atoms with Crippen LogP contribution < -0.4 is 10.2 Å². The lowest BCUT2D eigenvalue weighted by Gasteiger charge is -2.31. The molecule has 4 nitrogen and oxygen atoms in total. The van der Waals surface area contributed by atoms with Gasteiger partial charge in [-0.25, -0.2) is 0 Å². The van der Waals surface area contributed by atoms with Crippen LogP contribution in [0.15, 0.2) is 84.9 Å². The van der Waals surface area contributed by atoms with Crippen molar-refractivity contribution in [3.8, 4) is 11.8 Å². The van der Waals surface area contributed by atoms with Crippen molar-refractivity contribution in [1.82, 2.24) is 5.32 Å². The third-order valence-electron chi connectivity index (χ3n) is 5.04. The molecule has 0 fully saturated rings. The summed E-state index contributed by atoms with van der Waals surface area (Å²) in [5, 5.41) is 3.02. The van der Waals surface area contributed by atoms with Gasteiger partial charge in [0.2, 0.25) is 5.91 Å². The van der Waals surface area contributed by atoms with E-state index in [9.17, 15) is 9.59 Å². The number of halogens is 1. The quantitative estimate of drug-likeness (QED) is 0.316. The topological polar surface area (TPSA) is 49.4 Å². The van der Waals surface area contributed by atoms with Crippen molar-refractivity contribution in [2.24, 2.45) is 5.92 Å². The second-order valence-electron chi connectivity index (χ2n) is 8.09. The molecule has 0 bridgehead atoms. The lowest BCUT2D eigenvalue weighted by atomic mass is 10.0. The van der Waals surface area contributed by atoms with Crippen molar-refractivity contribution in [2.45, 2.75) is 32.9 Å². The van der Waals surface area contributed by atoms with E-state index in [4.69, 9.17) is 0 Å². The van der Waals surface area contributed by atoms with E-state index in [1.165, 1.54) is 0 Å². The monoisotopic (exact) mass is 550 g/mol. The van der Waals surface area contributed by atoms with Gasteiger partial charge in [-0.2, -0.15) is 0 Å². The summed E-state index contributed by atoms with van der Waals surface area (Å²) in [5.41, 5.74) is 2.44. The summed E-state index contributed by atoms with van der Waals surface area (Å²) in [6.45, 7) is 4.50. The fourth-order valence-electron chi connectivity index (χ4n) is 3.45. The summed E-state index contributed by atoms with van der Waals surface area (Å²) in [6.07, 6.45) is 0.518. The van der Waals surface area contributed by atoms with E-state index in [0.717, 1.165) is 14.7 Å². The molecule has 0 aliphatic rings. The molecule has 0 aromatic heterocycles. The number of rotatable bonds is 7. The average molecular weight is 550 g/mol. The van der Waals surface area contributed by atoms with Gasteiger partial charge in [-0.1, -0.05) is 80.4 Å². The molecule has 0 radical (unpaired) electrons. The Bertz CT molecular complexity index is 1130. The molecule has 33 heavy (non-hydrogen) atoms. The number of carbonyl (C=O) groups is 2. The molecule has 5 heteroatoms. The minimum atomic E-state index is -0.679. The largest absolute Gasteiger partial charge is 0.350 e. The molecule has 3 rings (SSSR count). The number of carbonyl (C=O) groups excluding carboxylic acids is 2. The second-order valence-corrected chi connectivity index (χ2v) is 9.25. The maximum atomic E-state index is 13.4. The highest BCUT2D eigenvalue weighted by atomic mass is 127. The smallest absolute Gasteiger partial charge is 0.304 e. The number of nitrogens with zero attached hydrogens (tertiary/aromatic N) is 1. The number of nitrogens with one attached hydrogen (secondary N) is 1. The molecule has 0 saturated carbocycles. The highest BCUT2D eigenvalue weighted by Gasteiger charge is 2.32. The molecule has 3 aromatic carbocycles. The number of amides is 2. The molecule has 0 spiro atoms. The number of benzene rings is 3. The van der Waals surface area contributed by atoms with Gasteiger partial charge in [0.25, 0.3) is 0 Å². The Kier molecular flexibility index (Phi) is 9.08. The molecule has 0 heterocycles. The first kappa shape index (κ1) is 24.5. The Balaban J connectivity index is 1.95. The van der Waals surface area contributed by atoms with Gasteiger partial charge in [-0.15, -0.1) is 0 Å². The number of anilines is 1. The van der Waals surface area contributed by atoms with Crippen molar-refractivity contribution in [3.05, 3.63) is 99.6 Å². The molecule has 1 N–H and O–H groups in total. The van der Waals surface area contributed by atoms with Crippen molar-refractivity contribution in [2.75, 3.05) is 4.90 Å². The Morgan fingerprint density at radius 3 is 2.15 bits per heavy atom. The molecule has 1 atom stereocenters. The Hall–Kier alpha value is -3.11. The molecule has 0 aliphatic heterocycles. The van der Waals surface area contributed by atoms with Gasteiger partial charge < -0.3 is 5.32 Å². The van der Waals surface area contributed by atoms with Gasteiger partial charge in [-0.05, 0) is 64.8 Å². The predicted molar refractivity (Wildman–Crippen MR) is 141 cm³/mol. The van der Waals surface area contributed by atoms with Crippen molar-refractivity contribution in [3.63, 3.8) is 0 Å². The van der Waals surface area contributed by atoms with E-state index in [0.29, 0.717) is 18.7 Å². The SMILES string of the molecule is CC(C)CC(C(=O)NCc1ccccc1)N(C(=O)C#Cc1ccccc1)c1ccccc1I. The maximum Gasteiger partial charge on any atom is 0.304 e. The zero-order valence-corrected chi connectivity index (χ0v) is 21.0. The van der Waals surface area contributed by atoms with Crippen molar-refractivity contribution in [1.29, 1.82) is 0 Å². The lowest BCUT2D eigenvalue weighted by Crippen LogP contribution is -2.50. The first-order chi connectivity index (χ1) is 16.0. The summed E-state index contributed by atoms with van der Waals surface area (Å²) in [4.78, 5) is 28.4. The molecule has 0 saturated heterocycles. The Morgan fingerprint density at radius 2 is 1.52 bits per heavy atom. The molecular weight excluding hydrogens is 523 g/mol. The summed E-state index contributed by atoms with van der Waals surface area (Å²) < 4.78 is 0.884. The van der Waals surface area contributed by atoms with Crippen molar-refractivity contribution < 1.29 is 9.59 Å². The fraction of sp³-hybridized carbons (Fsp3) is 0.214. The molecular formula is C28H27IN2O2. The van der Waals surface area contributed by atoms with E-state index in [-0.39, 0.29) is 11.8 Å². The van der Waals surface area contributed by atoms with Gasteiger partial charge in [0.05, 0.1) is 5.69 Å². The third-order valence-corrected chi connectivity index (χ3v) is 5.95. The first-order valence-electron chi connectivity index (χ1n) is 10.9. The molecule has 168 valence electrons. The minimum Gasteiger partial charge on any atom is -0.350 e. The Morgan fingerprint density at radius 1 is 0.909 bits per heavy atom. The van der Waals surface area contributed by atoms with Crippen LogP contribution in [-0.4, -0.2) is 17.9 Å². The van der Waals surface area contributed by atoms with Gasteiger partial charge >= 0.3 is 5.91 Å². The Labute approximate surface area is 209 Å². The normalized spacial score (nSPS) is 11.3. The van der Waals surface area contributed by atoms with Gasteiger partial charge in [0, 0.05) is 21.6 Å². The van der Waals surface area contributed by atoms with Crippen LogP contribution in [0.4, 0.5) is 5.69 Å². The highest BCUT2D eigenvalue weighted by Crippen LogP contribution is 2.27. The van der Waals surface area contributed by atoms with Crippen LogP contribution in [0.25, 0.3) is 0 Å². The lowest BCUT2D eigenvalue weighted by molar-refractivity contribution is -0.125. The zero-order chi connectivity index (χ0) is 23.6. The summed E-state index contributed by atoms with van der Waals surface area (Å²) in [6, 6.07) is 26.0. The van der Waals surface area contributed by atoms with E-state index < -0.39 is 11.9 Å². The summed E-state index contributed by atoms with van der Waals surface area (Å²) in [7, 11) is 0. The standard InChI is InChI=1S/C28H27IN2O2/c1-21(2)19-26(28(33)30-20-23-13-7-4-8-14-23)31(25-16-10-9-15-24(25)29)27(32)18-17-22-11-5-3-6-12-22/h3-16,21,26H,19-20H2,1-2H3,(H,30,33). The van der Waals surface area contributed by atoms with Gasteiger partial charge in [0.1, 0.15) is 6.04 Å². The minimum absolute atomic E-state index is 0.193. The van der Waals surface area contributed by atoms with E-state index in [1.54, 1.807) is 4.90 Å². The van der Waals surface area contributed by atoms with Gasteiger partial charge in [-0.3, -0.25) is 14.5 Å². The molecule has 3 aromatic rings. The average Bonchev–Trinajstić information content (AvgIpc) is 2.83. The number of para-hydroxylation sites is 1. The highest BCUT2D eigenvalue weighted by molar-refractivity contribution is 14.1. The predicted octanol–water partition coefficient (Wildman–Crippen LogP) is 5.41. The van der Waals surface area contributed by atoms with E-state index in [1.807, 2.05) is 98.8 Å². The van der Waals surface area contributed by atoms with Crippen LogP contribution in [0.5, 0.6) is 0 Å². The van der Waals surface area contributed by atoms with Crippen LogP contribution in [0.1, 0.15) is 31.4 Å². The van der Waals surface area contributed by atoms with Crippen LogP contribution in [0, 0.1) is 21.3 Å². The summed E-state index contributed by atoms with van der Waals surface area (Å²) in [5.74, 6) is 5.32. The third kappa shape index (κ3) is 7.19. The zero-order valence-electron chi connectivity index (χ0n) is 18.8. The molecule has 1 unspecified atom stereocenters. The van der Waals surface area contributed by atoms with Crippen LogP contribution in [-0.2, 0) is 16.1 Å². The number of hydrogen-bond acceptors (Lipinski definition) is 2. The first-order valence-corrected chi connectivity index (χ1v) is 12.0.